The van der Waals surface area contributed by atoms with Gasteiger partial charge in [0.15, 0.2) is 12.0 Å². The van der Waals surface area contributed by atoms with Crippen molar-refractivity contribution in [3.8, 4) is 0 Å². The maximum atomic E-state index is 13.4. The Morgan fingerprint density at radius 3 is 2.80 bits per heavy atom. The number of ether oxygens (including phenoxy) is 1. The van der Waals surface area contributed by atoms with Gasteiger partial charge in [0.05, 0.1) is 10.5 Å². The summed E-state index contributed by atoms with van der Waals surface area (Å²) < 4.78 is 19.0. The van der Waals surface area contributed by atoms with Crippen LogP contribution in [0.15, 0.2) is 47.7 Å². The summed E-state index contributed by atoms with van der Waals surface area (Å²) in [6, 6.07) is 9.69. The predicted molar refractivity (Wildman–Crippen MR) is 75.5 cm³/mol. The highest BCUT2D eigenvalue weighted by Crippen LogP contribution is 2.38. The second-order valence-electron chi connectivity index (χ2n) is 4.34. The fourth-order valence-corrected chi connectivity index (χ4v) is 2.95. The van der Waals surface area contributed by atoms with Gasteiger partial charge in [0.2, 0.25) is 5.78 Å². The molecule has 1 unspecified atom stereocenters. The lowest BCUT2D eigenvalue weighted by atomic mass is 10.00. The number of nitrogens with one attached hydrogen (secondary N) is 1. The summed E-state index contributed by atoms with van der Waals surface area (Å²) in [7, 11) is 1.68. The zero-order valence-electron chi connectivity index (χ0n) is 10.7. The number of rotatable bonds is 3. The molecule has 0 saturated carbocycles. The van der Waals surface area contributed by atoms with Crippen LogP contribution < -0.4 is 5.32 Å². The minimum atomic E-state index is -0.643. The molecule has 0 fully saturated rings. The fourth-order valence-electron chi connectivity index (χ4n) is 2.20. The van der Waals surface area contributed by atoms with Crippen LogP contribution in [-0.4, -0.2) is 12.8 Å². The van der Waals surface area contributed by atoms with Gasteiger partial charge in [-0.3, -0.25) is 4.79 Å². The molecule has 3 rings (SSSR count). The number of benzene rings is 1. The average molecular weight is 289 g/mol. The first kappa shape index (κ1) is 12.9. The molecule has 1 aromatic heterocycles. The number of hydrogen-bond donors (Lipinski definition) is 1. The molecule has 2 aromatic rings. The zero-order chi connectivity index (χ0) is 14.1. The third kappa shape index (κ3) is 2.10. The second kappa shape index (κ2) is 5.09. The lowest BCUT2D eigenvalue weighted by Crippen LogP contribution is -2.08. The van der Waals surface area contributed by atoms with Crippen LogP contribution in [0.2, 0.25) is 0 Å². The van der Waals surface area contributed by atoms with Gasteiger partial charge in [-0.25, -0.2) is 4.39 Å². The molecular formula is C15H12FNO2S. The van der Waals surface area contributed by atoms with Gasteiger partial charge in [0.1, 0.15) is 5.82 Å². The summed E-state index contributed by atoms with van der Waals surface area (Å²) in [6.07, 6.45) is -0.643. The van der Waals surface area contributed by atoms with Crippen LogP contribution in [0, 0.1) is 5.82 Å². The van der Waals surface area contributed by atoms with E-state index in [1.807, 2.05) is 17.5 Å². The Hall–Kier alpha value is -2.14. The topological polar surface area (TPSA) is 38.3 Å². The van der Waals surface area contributed by atoms with Gasteiger partial charge in [-0.2, -0.15) is 0 Å². The van der Waals surface area contributed by atoms with Crippen LogP contribution >= 0.6 is 11.3 Å². The molecule has 0 saturated heterocycles. The first-order valence-corrected chi connectivity index (χ1v) is 7.01. The van der Waals surface area contributed by atoms with Crippen molar-refractivity contribution in [1.29, 1.82) is 0 Å². The lowest BCUT2D eigenvalue weighted by molar-refractivity contribution is -0.120. The summed E-state index contributed by atoms with van der Waals surface area (Å²) in [6.45, 7) is 0. The maximum Gasteiger partial charge on any atom is 0.214 e. The molecule has 102 valence electrons. The molecule has 0 spiro atoms. The van der Waals surface area contributed by atoms with E-state index in [0.717, 1.165) is 4.88 Å². The molecule has 0 aliphatic carbocycles. The Labute approximate surface area is 119 Å². The summed E-state index contributed by atoms with van der Waals surface area (Å²) in [5.74, 6) is -0.140. The molecule has 3 nitrogen and oxygen atoms in total. The predicted octanol–water partition coefficient (Wildman–Crippen LogP) is 3.12. The standard InChI is InChI=1S/C15H12FNO2S/c1-17-15-12(9-4-2-5-10(16)8-9)13(18)14(19-15)11-6-3-7-20-11/h2-8,14,17H,1H3. The van der Waals surface area contributed by atoms with E-state index >= 15 is 0 Å². The largest absolute Gasteiger partial charge is 0.461 e. The molecule has 0 amide bonds. The van der Waals surface area contributed by atoms with Crippen molar-refractivity contribution in [2.75, 3.05) is 7.05 Å². The van der Waals surface area contributed by atoms with E-state index in [9.17, 15) is 9.18 Å². The highest BCUT2D eigenvalue weighted by Gasteiger charge is 2.37. The Balaban J connectivity index is 2.02. The van der Waals surface area contributed by atoms with E-state index in [0.29, 0.717) is 17.0 Å². The Morgan fingerprint density at radius 1 is 1.30 bits per heavy atom. The second-order valence-corrected chi connectivity index (χ2v) is 5.32. The van der Waals surface area contributed by atoms with Crippen molar-refractivity contribution in [3.63, 3.8) is 0 Å². The van der Waals surface area contributed by atoms with Gasteiger partial charge in [-0.1, -0.05) is 18.2 Å². The van der Waals surface area contributed by atoms with Crippen LogP contribution in [-0.2, 0) is 9.53 Å². The van der Waals surface area contributed by atoms with E-state index in [2.05, 4.69) is 5.32 Å². The van der Waals surface area contributed by atoms with E-state index < -0.39 is 6.10 Å². The molecule has 1 aliphatic heterocycles. The van der Waals surface area contributed by atoms with Crippen LogP contribution in [0.5, 0.6) is 0 Å². The smallest absolute Gasteiger partial charge is 0.214 e. The number of carbonyl (C=O) groups excluding carboxylic acids is 1. The van der Waals surface area contributed by atoms with E-state index in [1.54, 1.807) is 19.2 Å². The number of ketones is 1. The fraction of sp³-hybridized carbons (Fsp3) is 0.133. The maximum absolute atomic E-state index is 13.4. The lowest BCUT2D eigenvalue weighted by Gasteiger charge is -2.08. The molecule has 1 aliphatic rings. The SMILES string of the molecule is CNC1=C(c2cccc(F)c2)C(=O)C(c2cccs2)O1. The van der Waals surface area contributed by atoms with E-state index in [-0.39, 0.29) is 11.6 Å². The third-order valence-corrected chi connectivity index (χ3v) is 4.00. The average Bonchev–Trinajstić information content (AvgIpc) is 3.05. The minimum absolute atomic E-state index is 0.151. The van der Waals surface area contributed by atoms with E-state index in [4.69, 9.17) is 4.74 Å². The van der Waals surface area contributed by atoms with Gasteiger partial charge in [0.25, 0.3) is 0 Å². The molecule has 2 heterocycles. The van der Waals surface area contributed by atoms with Gasteiger partial charge in [0, 0.05) is 7.05 Å². The highest BCUT2D eigenvalue weighted by molar-refractivity contribution is 7.10. The van der Waals surface area contributed by atoms with Crippen molar-refractivity contribution in [1.82, 2.24) is 5.32 Å². The molecule has 1 N–H and O–H groups in total. The normalized spacial score (nSPS) is 18.3. The molecule has 0 bridgehead atoms. The van der Waals surface area contributed by atoms with Crippen LogP contribution in [0.4, 0.5) is 4.39 Å². The van der Waals surface area contributed by atoms with Gasteiger partial charge in [-0.15, -0.1) is 11.3 Å². The van der Waals surface area contributed by atoms with E-state index in [1.165, 1.54) is 23.5 Å². The van der Waals surface area contributed by atoms with Crippen molar-refractivity contribution in [2.24, 2.45) is 0 Å². The Morgan fingerprint density at radius 2 is 2.15 bits per heavy atom. The monoisotopic (exact) mass is 289 g/mol. The minimum Gasteiger partial charge on any atom is -0.461 e. The molecule has 1 aromatic carbocycles. The van der Waals surface area contributed by atoms with Crippen LogP contribution in [0.25, 0.3) is 5.57 Å². The van der Waals surface area contributed by atoms with Crippen molar-refractivity contribution >= 4 is 22.7 Å². The van der Waals surface area contributed by atoms with Gasteiger partial charge in [-0.05, 0) is 29.1 Å². The molecule has 1 atom stereocenters. The van der Waals surface area contributed by atoms with Crippen molar-refractivity contribution in [2.45, 2.75) is 6.10 Å². The summed E-state index contributed by atoms with van der Waals surface area (Å²) in [4.78, 5) is 13.4. The first-order chi connectivity index (χ1) is 9.70. The van der Waals surface area contributed by atoms with Gasteiger partial charge < -0.3 is 10.1 Å². The molecule has 5 heteroatoms. The number of thiophene rings is 1. The van der Waals surface area contributed by atoms with Gasteiger partial charge >= 0.3 is 0 Å². The third-order valence-electron chi connectivity index (χ3n) is 3.09. The molecule has 20 heavy (non-hydrogen) atoms. The summed E-state index contributed by atoms with van der Waals surface area (Å²) >= 11 is 1.46. The first-order valence-electron chi connectivity index (χ1n) is 6.13. The number of Topliss-reactive ketones (excluding diaryl/α,β-unsaturated/α-hetero) is 1. The van der Waals surface area contributed by atoms with Crippen LogP contribution in [0.3, 0.4) is 0 Å². The Bertz CT molecular complexity index is 679. The number of carbonyl (C=O) groups is 1. The Kier molecular flexibility index (Phi) is 3.28. The van der Waals surface area contributed by atoms with Crippen molar-refractivity contribution < 1.29 is 13.9 Å². The summed E-state index contributed by atoms with van der Waals surface area (Å²) in [5.41, 5.74) is 0.920. The van der Waals surface area contributed by atoms with Crippen molar-refractivity contribution in [3.05, 3.63) is 63.9 Å². The zero-order valence-corrected chi connectivity index (χ0v) is 11.5. The number of halogens is 1. The summed E-state index contributed by atoms with van der Waals surface area (Å²) in [5, 5.41) is 4.77. The molecular weight excluding hydrogens is 277 g/mol. The highest BCUT2D eigenvalue weighted by atomic mass is 32.1. The van der Waals surface area contributed by atoms with Crippen LogP contribution in [0.1, 0.15) is 16.5 Å². The quantitative estimate of drug-likeness (QED) is 0.943. The number of hydrogen-bond acceptors (Lipinski definition) is 4. The molecule has 0 radical (unpaired) electrons.